The fraction of sp³-hybridized carbons (Fsp3) is 0.692. The van der Waals surface area contributed by atoms with Gasteiger partial charge in [-0.3, -0.25) is 9.59 Å². The van der Waals surface area contributed by atoms with Crippen molar-refractivity contribution in [2.45, 2.75) is 76.0 Å². The number of likely N-dealkylation sites (tertiary alicyclic amines) is 1. The maximum Gasteiger partial charge on any atom is 0.417 e. The van der Waals surface area contributed by atoms with Gasteiger partial charge < -0.3 is 24.9 Å². The van der Waals surface area contributed by atoms with Crippen molar-refractivity contribution in [1.82, 2.24) is 9.80 Å². The number of amides is 2. The number of aliphatic hydroxyl groups excluding tert-OH is 2. The zero-order valence-corrected chi connectivity index (χ0v) is 21.6. The molecule has 39 heavy (non-hydrogen) atoms. The lowest BCUT2D eigenvalue weighted by Gasteiger charge is -2.37. The van der Waals surface area contributed by atoms with Crippen LogP contribution in [0.1, 0.15) is 56.6 Å². The molecule has 2 heterocycles. The molecule has 13 heteroatoms. The summed E-state index contributed by atoms with van der Waals surface area (Å²) in [6, 6.07) is 0.536. The van der Waals surface area contributed by atoms with E-state index in [0.717, 1.165) is 25.3 Å². The van der Waals surface area contributed by atoms with E-state index in [1.165, 1.54) is 9.80 Å². The fourth-order valence-corrected chi connectivity index (χ4v) is 5.78. The molecule has 1 saturated carbocycles. The zero-order valence-electron chi connectivity index (χ0n) is 21.6. The van der Waals surface area contributed by atoms with Gasteiger partial charge in [0, 0.05) is 50.7 Å². The smallest absolute Gasteiger partial charge is 0.394 e. The van der Waals surface area contributed by atoms with Gasteiger partial charge in [-0.15, -0.1) is 0 Å². The molecule has 218 valence electrons. The van der Waals surface area contributed by atoms with Crippen LogP contribution < -0.4 is 4.90 Å². The van der Waals surface area contributed by atoms with Crippen LogP contribution in [0.15, 0.2) is 18.2 Å². The number of hydrogen-bond acceptors (Lipinski definition) is 5. The van der Waals surface area contributed by atoms with Crippen molar-refractivity contribution in [3.63, 3.8) is 0 Å². The minimum Gasteiger partial charge on any atom is -0.394 e. The molecule has 1 aromatic carbocycles. The number of aliphatic hydroxyl groups is 2. The Balaban J connectivity index is 1.44. The molecule has 1 spiro atoms. The van der Waals surface area contributed by atoms with Crippen LogP contribution in [0.5, 0.6) is 0 Å². The van der Waals surface area contributed by atoms with Gasteiger partial charge in [-0.1, -0.05) is 0 Å². The van der Waals surface area contributed by atoms with Gasteiger partial charge in [0.25, 0.3) is 0 Å². The lowest BCUT2D eigenvalue weighted by atomic mass is 9.90. The van der Waals surface area contributed by atoms with Gasteiger partial charge in [0.1, 0.15) is 0 Å². The molecule has 2 amide bonds. The average Bonchev–Trinajstić information content (AvgIpc) is 3.65. The lowest BCUT2D eigenvalue weighted by Crippen LogP contribution is -2.49. The lowest BCUT2D eigenvalue weighted by molar-refractivity contribution is -0.162. The molecule has 2 N–H and O–H groups in total. The molecule has 1 aliphatic carbocycles. The van der Waals surface area contributed by atoms with E-state index in [4.69, 9.17) is 0 Å². The summed E-state index contributed by atoms with van der Waals surface area (Å²) in [6.07, 6.45) is -8.25. The normalized spacial score (nSPS) is 24.6. The van der Waals surface area contributed by atoms with E-state index in [-0.39, 0.29) is 61.8 Å². The number of rotatable bonds is 6. The Bertz CT molecular complexity index is 1070. The molecular formula is C26H33F6N3O4. The summed E-state index contributed by atoms with van der Waals surface area (Å²) in [5.41, 5.74) is -3.73. The van der Waals surface area contributed by atoms with Gasteiger partial charge in [-0.2, -0.15) is 26.3 Å². The Hall–Kier alpha value is -2.54. The number of hydrogen-bond donors (Lipinski definition) is 2. The molecule has 0 aromatic heterocycles. The molecule has 3 fully saturated rings. The van der Waals surface area contributed by atoms with Crippen molar-refractivity contribution < 1.29 is 46.1 Å². The van der Waals surface area contributed by atoms with Gasteiger partial charge in [0.15, 0.2) is 0 Å². The summed E-state index contributed by atoms with van der Waals surface area (Å²) >= 11 is 0. The van der Waals surface area contributed by atoms with E-state index in [9.17, 15) is 46.1 Å². The topological polar surface area (TPSA) is 84.3 Å². The molecule has 2 aliphatic heterocycles. The van der Waals surface area contributed by atoms with Crippen molar-refractivity contribution >= 4 is 17.5 Å². The monoisotopic (exact) mass is 565 g/mol. The van der Waals surface area contributed by atoms with Gasteiger partial charge in [-0.05, 0) is 56.2 Å². The molecule has 3 unspecified atom stereocenters. The van der Waals surface area contributed by atoms with Gasteiger partial charge >= 0.3 is 12.4 Å². The molecule has 4 rings (SSSR count). The number of nitrogens with zero attached hydrogens (tertiary/aromatic N) is 3. The Kier molecular flexibility index (Phi) is 8.15. The predicted octanol–water partition coefficient (Wildman–Crippen LogP) is 3.67. The fourth-order valence-electron chi connectivity index (χ4n) is 5.78. The maximum absolute atomic E-state index is 13.5. The van der Waals surface area contributed by atoms with Crippen LogP contribution in [0.3, 0.4) is 0 Å². The second-order valence-electron chi connectivity index (χ2n) is 10.9. The Morgan fingerprint density at radius 3 is 2.28 bits per heavy atom. The molecule has 3 aliphatic rings. The summed E-state index contributed by atoms with van der Waals surface area (Å²) in [4.78, 5) is 30.2. The molecule has 0 radical (unpaired) electrons. The van der Waals surface area contributed by atoms with Gasteiger partial charge in [-0.25, -0.2) is 0 Å². The van der Waals surface area contributed by atoms with Crippen LogP contribution in [0.4, 0.5) is 32.0 Å². The third-order valence-electron chi connectivity index (χ3n) is 8.39. The number of carbonyl (C=O) groups excluding carboxylic acids is 2. The molecule has 3 atom stereocenters. The summed E-state index contributed by atoms with van der Waals surface area (Å²) in [7, 11) is 0. The standard InChI is InChI=1S/C26H33F6N3O4/c1-16-13-35(18(15-36)3-5-22(38)33-11-9-24(7-8-24)21(37)14-33)23(39)6-10-34(16)17-2-4-19(25(27,28)29)20(12-17)26(30,31)32/h2,4,12,16,18,21,36-37H,3,5-11,13-15H2,1H3. The van der Waals surface area contributed by atoms with Crippen molar-refractivity contribution in [3.8, 4) is 0 Å². The number of halogens is 6. The van der Waals surface area contributed by atoms with E-state index in [2.05, 4.69) is 0 Å². The minimum atomic E-state index is -5.23. The van der Waals surface area contributed by atoms with Crippen molar-refractivity contribution in [3.05, 3.63) is 29.3 Å². The maximum atomic E-state index is 13.5. The second-order valence-corrected chi connectivity index (χ2v) is 10.9. The van der Waals surface area contributed by atoms with Crippen LogP contribution in [-0.4, -0.2) is 82.8 Å². The summed E-state index contributed by atoms with van der Waals surface area (Å²) < 4.78 is 80.0. The highest BCUT2D eigenvalue weighted by Gasteiger charge is 2.51. The van der Waals surface area contributed by atoms with E-state index < -0.39 is 48.3 Å². The first-order valence-electron chi connectivity index (χ1n) is 13.1. The average molecular weight is 566 g/mol. The third-order valence-corrected chi connectivity index (χ3v) is 8.39. The minimum absolute atomic E-state index is 0.00553. The number of alkyl halides is 6. The highest BCUT2D eigenvalue weighted by molar-refractivity contribution is 5.79. The number of β-amino-alcohol motifs (C(OH)–C–C–N with tert-alkyl or cyclic N) is 1. The Morgan fingerprint density at radius 1 is 1.05 bits per heavy atom. The quantitative estimate of drug-likeness (QED) is 0.515. The molecule has 2 saturated heterocycles. The second kappa shape index (κ2) is 10.8. The summed E-state index contributed by atoms with van der Waals surface area (Å²) in [5.74, 6) is -0.563. The van der Waals surface area contributed by atoms with E-state index in [1.54, 1.807) is 11.8 Å². The van der Waals surface area contributed by atoms with Gasteiger partial charge in [0.05, 0.1) is 29.9 Å². The Morgan fingerprint density at radius 2 is 1.72 bits per heavy atom. The van der Waals surface area contributed by atoms with Crippen molar-refractivity contribution in [2.75, 3.05) is 37.7 Å². The first-order valence-corrected chi connectivity index (χ1v) is 13.1. The van der Waals surface area contributed by atoms with Crippen LogP contribution in [0.25, 0.3) is 0 Å². The van der Waals surface area contributed by atoms with E-state index >= 15 is 0 Å². The molecule has 0 bridgehead atoms. The van der Waals surface area contributed by atoms with E-state index in [1.807, 2.05) is 0 Å². The van der Waals surface area contributed by atoms with E-state index in [0.29, 0.717) is 18.7 Å². The summed E-state index contributed by atoms with van der Waals surface area (Å²) in [6.45, 7) is 1.98. The number of carbonyl (C=O) groups is 2. The predicted molar refractivity (Wildman–Crippen MR) is 129 cm³/mol. The number of anilines is 1. The Labute approximate surface area is 222 Å². The van der Waals surface area contributed by atoms with Crippen LogP contribution >= 0.6 is 0 Å². The van der Waals surface area contributed by atoms with Crippen LogP contribution in [-0.2, 0) is 21.9 Å². The third kappa shape index (κ3) is 6.29. The molecular weight excluding hydrogens is 532 g/mol. The first-order chi connectivity index (χ1) is 18.2. The molecule has 1 aromatic rings. The van der Waals surface area contributed by atoms with Crippen LogP contribution in [0, 0.1) is 5.41 Å². The highest BCUT2D eigenvalue weighted by Crippen LogP contribution is 2.53. The highest BCUT2D eigenvalue weighted by atomic mass is 19.4. The van der Waals surface area contributed by atoms with Gasteiger partial charge in [0.2, 0.25) is 11.8 Å². The molecule has 7 nitrogen and oxygen atoms in total. The zero-order chi connectivity index (χ0) is 28.8. The summed E-state index contributed by atoms with van der Waals surface area (Å²) in [5, 5.41) is 20.4. The van der Waals surface area contributed by atoms with Crippen molar-refractivity contribution in [1.29, 1.82) is 0 Å². The SMILES string of the molecule is CC1CN(C(CO)CCC(=O)N2CCC3(CC3)C(O)C2)C(=O)CCN1c1ccc(C(F)(F)F)c(C(F)(F)F)c1. The number of benzene rings is 1. The van der Waals surface area contributed by atoms with Crippen molar-refractivity contribution in [2.24, 2.45) is 5.41 Å². The largest absolute Gasteiger partial charge is 0.417 e. The van der Waals surface area contributed by atoms with Crippen LogP contribution in [0.2, 0.25) is 0 Å². The number of piperidine rings is 1. The first kappa shape index (κ1) is 29.4.